The molecule has 0 saturated heterocycles. The molecule has 2 aromatic rings. The molecule has 5 heteroatoms. The highest BCUT2D eigenvalue weighted by Crippen LogP contribution is 2.34. The summed E-state index contributed by atoms with van der Waals surface area (Å²) in [6, 6.07) is 10.0. The number of nitrogens with zero attached hydrogens (tertiary/aromatic N) is 1. The SMILES string of the molecule is Cc1cc(C)c(C(O)CC(O)c2ccccc2[N+](=O)[O-])c(C)c1. The zero-order valence-electron chi connectivity index (χ0n) is 13.5. The third kappa shape index (κ3) is 3.75. The summed E-state index contributed by atoms with van der Waals surface area (Å²) in [6.07, 6.45) is -1.98. The molecule has 0 radical (unpaired) electrons. The van der Waals surface area contributed by atoms with Crippen LogP contribution < -0.4 is 0 Å². The molecule has 2 unspecified atom stereocenters. The number of hydrogen-bond donors (Lipinski definition) is 2. The summed E-state index contributed by atoms with van der Waals surface area (Å²) < 4.78 is 0. The molecule has 0 aromatic heterocycles. The Morgan fingerprint density at radius 1 is 1.04 bits per heavy atom. The normalized spacial score (nSPS) is 13.6. The Morgan fingerprint density at radius 3 is 2.17 bits per heavy atom. The van der Waals surface area contributed by atoms with Gasteiger partial charge in [0.25, 0.3) is 5.69 Å². The summed E-state index contributed by atoms with van der Waals surface area (Å²) in [4.78, 5) is 10.5. The summed E-state index contributed by atoms with van der Waals surface area (Å²) >= 11 is 0. The maximum atomic E-state index is 11.1. The second-order valence-corrected chi connectivity index (χ2v) is 5.90. The van der Waals surface area contributed by atoms with Gasteiger partial charge >= 0.3 is 0 Å². The van der Waals surface area contributed by atoms with Crippen molar-refractivity contribution >= 4 is 5.69 Å². The molecule has 23 heavy (non-hydrogen) atoms. The van der Waals surface area contributed by atoms with E-state index >= 15 is 0 Å². The summed E-state index contributed by atoms with van der Waals surface area (Å²) in [7, 11) is 0. The lowest BCUT2D eigenvalue weighted by molar-refractivity contribution is -0.386. The van der Waals surface area contributed by atoms with E-state index in [-0.39, 0.29) is 17.7 Å². The average Bonchev–Trinajstić information content (AvgIpc) is 2.45. The number of aliphatic hydroxyl groups excluding tert-OH is 2. The highest BCUT2D eigenvalue weighted by molar-refractivity contribution is 5.42. The average molecular weight is 315 g/mol. The summed E-state index contributed by atoms with van der Waals surface area (Å²) in [5.41, 5.74) is 3.86. The van der Waals surface area contributed by atoms with Crippen LogP contribution in [0.15, 0.2) is 36.4 Å². The third-order valence-electron chi connectivity index (χ3n) is 4.01. The first-order valence-corrected chi connectivity index (χ1v) is 7.48. The standard InChI is InChI=1S/C18H21NO4/c1-11-8-12(2)18(13(3)9-11)17(21)10-16(20)14-6-4-5-7-15(14)19(22)23/h4-9,16-17,20-21H,10H2,1-3H3. The number of nitro benzene ring substituents is 1. The fourth-order valence-electron chi connectivity index (χ4n) is 3.11. The summed E-state index contributed by atoms with van der Waals surface area (Å²) in [6.45, 7) is 5.81. The number of nitro groups is 1. The Balaban J connectivity index is 2.28. The van der Waals surface area contributed by atoms with Gasteiger partial charge in [-0.25, -0.2) is 0 Å². The second kappa shape index (κ2) is 6.89. The first-order valence-electron chi connectivity index (χ1n) is 7.48. The lowest BCUT2D eigenvalue weighted by Gasteiger charge is -2.20. The number of aryl methyl sites for hydroxylation is 3. The predicted molar refractivity (Wildman–Crippen MR) is 88.3 cm³/mol. The van der Waals surface area contributed by atoms with Gasteiger partial charge in [-0.05, 0) is 43.5 Å². The van der Waals surface area contributed by atoms with E-state index in [1.54, 1.807) is 12.1 Å². The van der Waals surface area contributed by atoms with Gasteiger partial charge in [0.1, 0.15) is 0 Å². The molecular formula is C18H21NO4. The number of benzene rings is 2. The summed E-state index contributed by atoms with van der Waals surface area (Å²) in [5.74, 6) is 0. The highest BCUT2D eigenvalue weighted by Gasteiger charge is 2.24. The van der Waals surface area contributed by atoms with Gasteiger partial charge in [0.2, 0.25) is 0 Å². The zero-order chi connectivity index (χ0) is 17.1. The number of rotatable bonds is 5. The largest absolute Gasteiger partial charge is 0.388 e. The second-order valence-electron chi connectivity index (χ2n) is 5.90. The molecular weight excluding hydrogens is 294 g/mol. The molecule has 0 saturated carbocycles. The molecule has 0 aliphatic rings. The van der Waals surface area contributed by atoms with Crippen molar-refractivity contribution in [1.82, 2.24) is 0 Å². The Kier molecular flexibility index (Phi) is 5.13. The van der Waals surface area contributed by atoms with E-state index in [0.717, 1.165) is 22.3 Å². The van der Waals surface area contributed by atoms with Crippen molar-refractivity contribution in [1.29, 1.82) is 0 Å². The van der Waals surface area contributed by atoms with E-state index in [1.165, 1.54) is 12.1 Å². The molecule has 2 N–H and O–H groups in total. The minimum Gasteiger partial charge on any atom is -0.388 e. The first kappa shape index (κ1) is 17.1. The van der Waals surface area contributed by atoms with Crippen molar-refractivity contribution in [2.24, 2.45) is 0 Å². The van der Waals surface area contributed by atoms with Gasteiger partial charge in [0.15, 0.2) is 0 Å². The minimum atomic E-state index is -1.10. The van der Waals surface area contributed by atoms with Gasteiger partial charge in [-0.1, -0.05) is 29.8 Å². The van der Waals surface area contributed by atoms with Gasteiger partial charge in [-0.15, -0.1) is 0 Å². The zero-order valence-corrected chi connectivity index (χ0v) is 13.5. The van der Waals surface area contributed by atoms with Crippen molar-refractivity contribution < 1.29 is 15.1 Å². The van der Waals surface area contributed by atoms with E-state index in [1.807, 2.05) is 32.9 Å². The molecule has 5 nitrogen and oxygen atoms in total. The van der Waals surface area contributed by atoms with Crippen molar-refractivity contribution in [3.63, 3.8) is 0 Å². The van der Waals surface area contributed by atoms with Crippen LogP contribution in [0.5, 0.6) is 0 Å². The maximum Gasteiger partial charge on any atom is 0.275 e. The fraction of sp³-hybridized carbons (Fsp3) is 0.333. The molecule has 0 heterocycles. The highest BCUT2D eigenvalue weighted by atomic mass is 16.6. The molecule has 122 valence electrons. The van der Waals surface area contributed by atoms with Crippen LogP contribution in [0.3, 0.4) is 0 Å². The molecule has 0 spiro atoms. The molecule has 0 aliphatic heterocycles. The van der Waals surface area contributed by atoms with Gasteiger partial charge in [-0.3, -0.25) is 10.1 Å². The van der Waals surface area contributed by atoms with E-state index in [9.17, 15) is 20.3 Å². The van der Waals surface area contributed by atoms with Crippen LogP contribution in [0.2, 0.25) is 0 Å². The van der Waals surface area contributed by atoms with Crippen LogP contribution >= 0.6 is 0 Å². The van der Waals surface area contributed by atoms with E-state index < -0.39 is 17.1 Å². The Labute approximate surface area is 135 Å². The molecule has 0 fully saturated rings. The lowest BCUT2D eigenvalue weighted by atomic mass is 9.91. The minimum absolute atomic E-state index is 0.00952. The Hall–Kier alpha value is -2.24. The number of para-hydroxylation sites is 1. The van der Waals surface area contributed by atoms with Crippen LogP contribution in [0.25, 0.3) is 0 Å². The predicted octanol–water partition coefficient (Wildman–Crippen LogP) is 3.68. The van der Waals surface area contributed by atoms with Gasteiger partial charge < -0.3 is 10.2 Å². The molecule has 0 aliphatic carbocycles. The number of hydrogen-bond acceptors (Lipinski definition) is 4. The molecule has 0 amide bonds. The van der Waals surface area contributed by atoms with Crippen LogP contribution in [0, 0.1) is 30.9 Å². The Bertz CT molecular complexity index is 704. The van der Waals surface area contributed by atoms with Crippen molar-refractivity contribution in [3.05, 3.63) is 74.3 Å². The lowest BCUT2D eigenvalue weighted by Crippen LogP contribution is -2.10. The quantitative estimate of drug-likeness (QED) is 0.651. The van der Waals surface area contributed by atoms with Gasteiger partial charge in [0, 0.05) is 12.5 Å². The van der Waals surface area contributed by atoms with E-state index in [2.05, 4.69) is 0 Å². The molecule has 2 rings (SSSR count). The third-order valence-corrected chi connectivity index (χ3v) is 4.01. The summed E-state index contributed by atoms with van der Waals surface area (Å²) in [5, 5.41) is 31.9. The van der Waals surface area contributed by atoms with Crippen molar-refractivity contribution in [3.8, 4) is 0 Å². The molecule has 0 bridgehead atoms. The van der Waals surface area contributed by atoms with Crippen LogP contribution in [-0.2, 0) is 0 Å². The monoisotopic (exact) mass is 315 g/mol. The van der Waals surface area contributed by atoms with Gasteiger partial charge in [0.05, 0.1) is 22.7 Å². The number of aliphatic hydroxyl groups is 2. The van der Waals surface area contributed by atoms with Crippen LogP contribution in [0.4, 0.5) is 5.69 Å². The van der Waals surface area contributed by atoms with E-state index in [0.29, 0.717) is 0 Å². The van der Waals surface area contributed by atoms with Crippen LogP contribution in [-0.4, -0.2) is 15.1 Å². The van der Waals surface area contributed by atoms with Gasteiger partial charge in [-0.2, -0.15) is 0 Å². The smallest absolute Gasteiger partial charge is 0.275 e. The fourth-order valence-corrected chi connectivity index (χ4v) is 3.11. The molecule has 2 aromatic carbocycles. The van der Waals surface area contributed by atoms with E-state index in [4.69, 9.17) is 0 Å². The topological polar surface area (TPSA) is 83.6 Å². The van der Waals surface area contributed by atoms with Crippen LogP contribution in [0.1, 0.15) is 46.4 Å². The van der Waals surface area contributed by atoms with Crippen molar-refractivity contribution in [2.45, 2.75) is 39.4 Å². The molecule has 2 atom stereocenters. The van der Waals surface area contributed by atoms with Crippen molar-refractivity contribution in [2.75, 3.05) is 0 Å². The first-order chi connectivity index (χ1) is 10.8. The Morgan fingerprint density at radius 2 is 1.61 bits per heavy atom. The maximum absolute atomic E-state index is 11.1.